The van der Waals surface area contributed by atoms with E-state index in [0.29, 0.717) is 0 Å². The van der Waals surface area contributed by atoms with E-state index in [1.807, 2.05) is 0 Å². The quantitative estimate of drug-likeness (QED) is 0.726. The number of nitrogens with one attached hydrogen (secondary N) is 1. The molecule has 0 saturated carbocycles. The molecule has 0 fully saturated rings. The van der Waals surface area contributed by atoms with Crippen LogP contribution in [0.5, 0.6) is 0 Å². The summed E-state index contributed by atoms with van der Waals surface area (Å²) in [6, 6.07) is 3.75. The first-order chi connectivity index (χ1) is 6.50. The second-order valence-corrected chi connectivity index (χ2v) is 3.12. The Bertz CT molecular complexity index is 475. The summed E-state index contributed by atoms with van der Waals surface area (Å²) in [4.78, 5) is 0. The highest BCUT2D eigenvalue weighted by molar-refractivity contribution is 6.34. The molecule has 2 rings (SSSR count). The lowest BCUT2D eigenvalue weighted by molar-refractivity contribution is -0.136. The van der Waals surface area contributed by atoms with Gasteiger partial charge in [-0.3, -0.25) is 5.10 Å². The van der Waals surface area contributed by atoms with Crippen LogP contribution in [0.4, 0.5) is 13.2 Å². The average Bonchev–Trinajstić information content (AvgIpc) is 2.46. The number of aromatic amines is 1. The Labute approximate surface area is 81.7 Å². The predicted octanol–water partition coefficient (Wildman–Crippen LogP) is 3.24. The van der Waals surface area contributed by atoms with Gasteiger partial charge in [-0.25, -0.2) is 0 Å². The first-order valence-corrected chi connectivity index (χ1v) is 4.08. The summed E-state index contributed by atoms with van der Waals surface area (Å²) in [6.07, 6.45) is -4.40. The van der Waals surface area contributed by atoms with Crippen molar-refractivity contribution in [3.05, 3.63) is 28.9 Å². The van der Waals surface area contributed by atoms with Crippen molar-refractivity contribution >= 4 is 22.5 Å². The van der Waals surface area contributed by atoms with Gasteiger partial charge < -0.3 is 0 Å². The molecular formula is C8H4ClF3N2. The smallest absolute Gasteiger partial charge is 0.266 e. The number of alkyl halides is 3. The summed E-state index contributed by atoms with van der Waals surface area (Å²) in [7, 11) is 0. The van der Waals surface area contributed by atoms with Gasteiger partial charge >= 0.3 is 6.18 Å². The Morgan fingerprint density at radius 1 is 1.29 bits per heavy atom. The number of H-pyrrole nitrogens is 1. The number of rotatable bonds is 0. The Morgan fingerprint density at radius 3 is 2.64 bits per heavy atom. The first kappa shape index (κ1) is 9.33. The Balaban J connectivity index is 2.79. The van der Waals surface area contributed by atoms with E-state index in [2.05, 4.69) is 10.2 Å². The molecule has 0 aliphatic carbocycles. The number of nitrogens with zero attached hydrogens (tertiary/aromatic N) is 1. The fraction of sp³-hybridized carbons (Fsp3) is 0.125. The summed E-state index contributed by atoms with van der Waals surface area (Å²) in [5.74, 6) is 0. The minimum Gasteiger partial charge on any atom is -0.266 e. The molecule has 1 N–H and O–H groups in total. The van der Waals surface area contributed by atoms with Gasteiger partial charge in [-0.05, 0) is 12.1 Å². The molecule has 0 bridgehead atoms. The first-order valence-electron chi connectivity index (χ1n) is 3.70. The molecule has 2 aromatic rings. The lowest BCUT2D eigenvalue weighted by Gasteiger charge is -2.05. The van der Waals surface area contributed by atoms with E-state index in [9.17, 15) is 13.2 Å². The lowest BCUT2D eigenvalue weighted by atomic mass is 10.1. The molecular weight excluding hydrogens is 217 g/mol. The molecule has 0 atom stereocenters. The highest BCUT2D eigenvalue weighted by atomic mass is 35.5. The summed E-state index contributed by atoms with van der Waals surface area (Å²) in [6.45, 7) is 0. The van der Waals surface area contributed by atoms with E-state index in [1.54, 1.807) is 0 Å². The van der Waals surface area contributed by atoms with E-state index >= 15 is 0 Å². The van der Waals surface area contributed by atoms with Gasteiger partial charge in [-0.15, -0.1) is 0 Å². The zero-order chi connectivity index (χ0) is 10.3. The minimum atomic E-state index is -4.40. The SMILES string of the molecule is FC(F)(F)c1cccc2c(Cl)[nH]nc12. The molecule has 1 aromatic carbocycles. The fourth-order valence-electron chi connectivity index (χ4n) is 1.24. The van der Waals surface area contributed by atoms with Crippen molar-refractivity contribution in [3.8, 4) is 0 Å². The number of fused-ring (bicyclic) bond motifs is 1. The third-order valence-electron chi connectivity index (χ3n) is 1.84. The highest BCUT2D eigenvalue weighted by Gasteiger charge is 2.33. The van der Waals surface area contributed by atoms with E-state index in [0.717, 1.165) is 6.07 Å². The van der Waals surface area contributed by atoms with Crippen molar-refractivity contribution in [2.24, 2.45) is 0 Å². The molecule has 14 heavy (non-hydrogen) atoms. The standard InChI is InChI=1S/C8H4ClF3N2/c9-7-4-2-1-3-5(8(10,11)12)6(4)13-14-7/h1-3H,(H,13,14). The maximum absolute atomic E-state index is 12.4. The normalized spacial score (nSPS) is 12.3. The molecule has 6 heteroatoms. The van der Waals surface area contributed by atoms with Gasteiger partial charge in [0.15, 0.2) is 0 Å². The van der Waals surface area contributed by atoms with Gasteiger partial charge in [0.1, 0.15) is 10.7 Å². The van der Waals surface area contributed by atoms with E-state index in [1.165, 1.54) is 12.1 Å². The minimum absolute atomic E-state index is 0.117. The molecule has 0 aliphatic rings. The predicted molar refractivity (Wildman–Crippen MR) is 46.1 cm³/mol. The number of halogens is 4. The van der Waals surface area contributed by atoms with Crippen LogP contribution in [-0.2, 0) is 6.18 Å². The Hall–Kier alpha value is -1.23. The van der Waals surface area contributed by atoms with Crippen LogP contribution in [0, 0.1) is 0 Å². The summed E-state index contributed by atoms with van der Waals surface area (Å²) >= 11 is 5.61. The maximum Gasteiger partial charge on any atom is 0.418 e. The van der Waals surface area contributed by atoms with E-state index in [4.69, 9.17) is 11.6 Å². The highest BCUT2D eigenvalue weighted by Crippen LogP contribution is 2.35. The van der Waals surface area contributed by atoms with Gasteiger partial charge in [-0.1, -0.05) is 17.7 Å². The molecule has 0 unspecified atom stereocenters. The largest absolute Gasteiger partial charge is 0.418 e. The van der Waals surface area contributed by atoms with Crippen molar-refractivity contribution in [3.63, 3.8) is 0 Å². The Kier molecular flexibility index (Phi) is 1.92. The summed E-state index contributed by atoms with van der Waals surface area (Å²) in [5.41, 5.74) is -0.928. The van der Waals surface area contributed by atoms with Crippen LogP contribution in [0.25, 0.3) is 10.9 Å². The number of hydrogen-bond donors (Lipinski definition) is 1. The van der Waals surface area contributed by atoms with Crippen LogP contribution >= 0.6 is 11.6 Å². The zero-order valence-electron chi connectivity index (χ0n) is 6.69. The van der Waals surface area contributed by atoms with E-state index < -0.39 is 11.7 Å². The van der Waals surface area contributed by atoms with Crippen LogP contribution in [0.1, 0.15) is 5.56 Å². The molecule has 2 nitrogen and oxygen atoms in total. The van der Waals surface area contributed by atoms with Gasteiger partial charge in [0, 0.05) is 5.39 Å². The number of para-hydroxylation sites is 1. The maximum atomic E-state index is 12.4. The van der Waals surface area contributed by atoms with Crippen molar-refractivity contribution in [1.29, 1.82) is 0 Å². The molecule has 0 radical (unpaired) electrons. The molecule has 0 amide bonds. The van der Waals surface area contributed by atoms with Gasteiger partial charge in [0.05, 0.1) is 5.56 Å². The van der Waals surface area contributed by atoms with Crippen LogP contribution < -0.4 is 0 Å². The Morgan fingerprint density at radius 2 is 2.00 bits per heavy atom. The van der Waals surface area contributed by atoms with Crippen LogP contribution in [-0.4, -0.2) is 10.2 Å². The van der Waals surface area contributed by atoms with Crippen molar-refractivity contribution < 1.29 is 13.2 Å². The van der Waals surface area contributed by atoms with Crippen molar-refractivity contribution in [2.45, 2.75) is 6.18 Å². The number of benzene rings is 1. The van der Waals surface area contributed by atoms with Gasteiger partial charge in [0.25, 0.3) is 0 Å². The average molecular weight is 221 g/mol. The molecule has 1 heterocycles. The third kappa shape index (κ3) is 1.33. The molecule has 1 aromatic heterocycles. The molecule has 0 spiro atoms. The second kappa shape index (κ2) is 2.88. The summed E-state index contributed by atoms with van der Waals surface area (Å²) < 4.78 is 37.3. The second-order valence-electron chi connectivity index (χ2n) is 2.74. The topological polar surface area (TPSA) is 28.7 Å². The van der Waals surface area contributed by atoms with Crippen LogP contribution in [0.2, 0.25) is 5.15 Å². The number of aromatic nitrogens is 2. The van der Waals surface area contributed by atoms with Crippen molar-refractivity contribution in [2.75, 3.05) is 0 Å². The molecule has 74 valence electrons. The lowest BCUT2D eigenvalue weighted by Crippen LogP contribution is -2.05. The van der Waals surface area contributed by atoms with Crippen LogP contribution in [0.15, 0.2) is 18.2 Å². The summed E-state index contributed by atoms with van der Waals surface area (Å²) in [5, 5.41) is 6.21. The van der Waals surface area contributed by atoms with Gasteiger partial charge in [0.2, 0.25) is 0 Å². The number of hydrogen-bond acceptors (Lipinski definition) is 1. The zero-order valence-corrected chi connectivity index (χ0v) is 7.45. The van der Waals surface area contributed by atoms with Crippen LogP contribution in [0.3, 0.4) is 0 Å². The third-order valence-corrected chi connectivity index (χ3v) is 2.13. The van der Waals surface area contributed by atoms with E-state index in [-0.39, 0.29) is 16.1 Å². The fourth-order valence-corrected chi connectivity index (χ4v) is 1.43. The molecule has 0 saturated heterocycles. The molecule has 0 aliphatic heterocycles. The van der Waals surface area contributed by atoms with Gasteiger partial charge in [-0.2, -0.15) is 18.3 Å². The van der Waals surface area contributed by atoms with Crippen molar-refractivity contribution in [1.82, 2.24) is 10.2 Å². The monoisotopic (exact) mass is 220 g/mol.